The van der Waals surface area contributed by atoms with E-state index < -0.39 is 5.97 Å². The minimum atomic E-state index is -0.969. The summed E-state index contributed by atoms with van der Waals surface area (Å²) in [5.74, 6) is -0.144. The van der Waals surface area contributed by atoms with Gasteiger partial charge in [0, 0.05) is 25.9 Å². The summed E-state index contributed by atoms with van der Waals surface area (Å²) in [7, 11) is 0. The Bertz CT molecular complexity index is 448. The third kappa shape index (κ3) is 3.30. The molecule has 0 saturated carbocycles. The Morgan fingerprint density at radius 3 is 2.72 bits per heavy atom. The van der Waals surface area contributed by atoms with Crippen molar-refractivity contribution in [2.45, 2.75) is 12.8 Å². The van der Waals surface area contributed by atoms with Crippen molar-refractivity contribution in [1.82, 2.24) is 4.90 Å². The fourth-order valence-electron chi connectivity index (χ4n) is 1.82. The minimum Gasteiger partial charge on any atom is -0.478 e. The first kappa shape index (κ1) is 12.6. The van der Waals surface area contributed by atoms with Crippen LogP contribution in [0.15, 0.2) is 24.3 Å². The fraction of sp³-hybridized carbons (Fsp3) is 0.385. The first-order valence-corrected chi connectivity index (χ1v) is 5.85. The van der Waals surface area contributed by atoms with Crippen LogP contribution in [0.2, 0.25) is 0 Å². The summed E-state index contributed by atoms with van der Waals surface area (Å²) in [6, 6.07) is 6.40. The van der Waals surface area contributed by atoms with Crippen LogP contribution in [0.4, 0.5) is 0 Å². The van der Waals surface area contributed by atoms with Crippen LogP contribution in [0.25, 0.3) is 0 Å². The molecule has 1 heterocycles. The highest BCUT2D eigenvalue weighted by atomic mass is 16.5. The van der Waals surface area contributed by atoms with Crippen LogP contribution in [-0.4, -0.2) is 41.6 Å². The Morgan fingerprint density at radius 1 is 1.33 bits per heavy atom. The van der Waals surface area contributed by atoms with E-state index in [1.165, 1.54) is 12.1 Å². The van der Waals surface area contributed by atoms with Crippen LogP contribution in [-0.2, 0) is 4.79 Å². The summed E-state index contributed by atoms with van der Waals surface area (Å²) < 4.78 is 5.52. The van der Waals surface area contributed by atoms with Gasteiger partial charge in [0.15, 0.2) is 0 Å². The average Bonchev–Trinajstić information content (AvgIpc) is 2.38. The standard InChI is InChI=1S/C13H15NO4/c15-11-4-6-14(7-5-11)9-18-12-3-1-2-10(8-12)13(16)17/h1-3,8H,4-7,9H2,(H,16,17). The molecule has 5 heteroatoms. The first-order chi connectivity index (χ1) is 8.65. The third-order valence-corrected chi connectivity index (χ3v) is 2.91. The van der Waals surface area contributed by atoms with E-state index in [0.29, 0.717) is 44.2 Å². The van der Waals surface area contributed by atoms with Crippen molar-refractivity contribution in [3.05, 3.63) is 29.8 Å². The van der Waals surface area contributed by atoms with Crippen LogP contribution in [0.5, 0.6) is 5.75 Å². The second kappa shape index (κ2) is 5.64. The van der Waals surface area contributed by atoms with Gasteiger partial charge in [-0.25, -0.2) is 4.79 Å². The largest absolute Gasteiger partial charge is 0.478 e. The molecule has 18 heavy (non-hydrogen) atoms. The lowest BCUT2D eigenvalue weighted by Crippen LogP contribution is -2.36. The number of nitrogens with zero attached hydrogens (tertiary/aromatic N) is 1. The summed E-state index contributed by atoms with van der Waals surface area (Å²) in [4.78, 5) is 23.9. The molecule has 0 aromatic heterocycles. The molecule has 0 unspecified atom stereocenters. The molecular weight excluding hydrogens is 234 g/mol. The zero-order valence-corrected chi connectivity index (χ0v) is 9.96. The number of rotatable bonds is 4. The van der Waals surface area contributed by atoms with Crippen molar-refractivity contribution in [2.24, 2.45) is 0 Å². The Labute approximate surface area is 105 Å². The van der Waals surface area contributed by atoms with Crippen molar-refractivity contribution in [2.75, 3.05) is 19.8 Å². The van der Waals surface area contributed by atoms with Gasteiger partial charge >= 0.3 is 5.97 Å². The molecule has 1 saturated heterocycles. The highest BCUT2D eigenvalue weighted by Crippen LogP contribution is 2.14. The number of ether oxygens (including phenoxy) is 1. The molecule has 1 fully saturated rings. The lowest BCUT2D eigenvalue weighted by Gasteiger charge is -2.25. The average molecular weight is 249 g/mol. The molecule has 0 amide bonds. The number of hydrogen-bond acceptors (Lipinski definition) is 4. The Kier molecular flexibility index (Phi) is 3.94. The molecule has 1 aliphatic rings. The summed E-state index contributed by atoms with van der Waals surface area (Å²) in [5, 5.41) is 8.85. The molecule has 0 radical (unpaired) electrons. The van der Waals surface area contributed by atoms with Crippen LogP contribution in [0.1, 0.15) is 23.2 Å². The summed E-state index contributed by atoms with van der Waals surface area (Å²) in [6.07, 6.45) is 1.14. The highest BCUT2D eigenvalue weighted by molar-refractivity contribution is 5.88. The van der Waals surface area contributed by atoms with E-state index in [4.69, 9.17) is 9.84 Å². The molecule has 1 aromatic carbocycles. The number of ketones is 1. The van der Waals surface area contributed by atoms with Gasteiger partial charge in [0.05, 0.1) is 5.56 Å². The summed E-state index contributed by atoms with van der Waals surface area (Å²) in [5.41, 5.74) is 0.210. The maximum Gasteiger partial charge on any atom is 0.335 e. The van der Waals surface area contributed by atoms with Crippen molar-refractivity contribution in [1.29, 1.82) is 0 Å². The summed E-state index contributed by atoms with van der Waals surface area (Å²) in [6.45, 7) is 1.80. The zero-order chi connectivity index (χ0) is 13.0. The highest BCUT2D eigenvalue weighted by Gasteiger charge is 2.16. The van der Waals surface area contributed by atoms with Crippen LogP contribution >= 0.6 is 0 Å². The van der Waals surface area contributed by atoms with Gasteiger partial charge in [-0.05, 0) is 18.2 Å². The van der Waals surface area contributed by atoms with Gasteiger partial charge in [-0.2, -0.15) is 0 Å². The van der Waals surface area contributed by atoms with Crippen molar-refractivity contribution in [3.63, 3.8) is 0 Å². The lowest BCUT2D eigenvalue weighted by molar-refractivity contribution is -0.122. The van der Waals surface area contributed by atoms with Crippen LogP contribution in [0, 0.1) is 0 Å². The lowest BCUT2D eigenvalue weighted by atomic mass is 10.1. The van der Waals surface area contributed by atoms with Gasteiger partial charge < -0.3 is 9.84 Å². The van der Waals surface area contributed by atoms with E-state index in [1.54, 1.807) is 12.1 Å². The van der Waals surface area contributed by atoms with Gasteiger partial charge in [-0.1, -0.05) is 6.07 Å². The van der Waals surface area contributed by atoms with E-state index in [1.807, 2.05) is 4.90 Å². The Balaban J connectivity index is 1.88. The second-order valence-electron chi connectivity index (χ2n) is 4.26. The molecule has 0 atom stereocenters. The number of Topliss-reactive ketones (excluding diaryl/α,β-unsaturated/α-hetero) is 1. The molecule has 0 bridgehead atoms. The van der Waals surface area contributed by atoms with E-state index in [0.717, 1.165) is 0 Å². The molecule has 5 nitrogen and oxygen atoms in total. The Morgan fingerprint density at radius 2 is 2.06 bits per heavy atom. The van der Waals surface area contributed by atoms with E-state index >= 15 is 0 Å². The number of piperidine rings is 1. The maximum absolute atomic E-state index is 11.1. The second-order valence-corrected chi connectivity index (χ2v) is 4.26. The smallest absolute Gasteiger partial charge is 0.335 e. The SMILES string of the molecule is O=C1CCN(COc2cccc(C(=O)O)c2)CC1. The molecular formula is C13H15NO4. The fourth-order valence-corrected chi connectivity index (χ4v) is 1.82. The predicted molar refractivity (Wildman–Crippen MR) is 64.7 cm³/mol. The maximum atomic E-state index is 11.1. The van der Waals surface area contributed by atoms with Gasteiger partial charge in [-0.15, -0.1) is 0 Å². The number of carbonyl (C=O) groups is 2. The molecule has 1 aliphatic heterocycles. The van der Waals surface area contributed by atoms with Crippen LogP contribution in [0.3, 0.4) is 0 Å². The van der Waals surface area contributed by atoms with Gasteiger partial charge in [-0.3, -0.25) is 9.69 Å². The van der Waals surface area contributed by atoms with Gasteiger partial charge in [0.1, 0.15) is 18.3 Å². The number of carbonyl (C=O) groups excluding carboxylic acids is 1. The van der Waals surface area contributed by atoms with E-state index in [9.17, 15) is 9.59 Å². The molecule has 1 N–H and O–H groups in total. The van der Waals surface area contributed by atoms with Crippen molar-refractivity contribution >= 4 is 11.8 Å². The minimum absolute atomic E-state index is 0.210. The number of carboxylic acids is 1. The third-order valence-electron chi connectivity index (χ3n) is 2.91. The molecule has 96 valence electrons. The predicted octanol–water partition coefficient (Wildman–Crippen LogP) is 1.39. The molecule has 0 spiro atoms. The molecule has 2 rings (SSSR count). The van der Waals surface area contributed by atoms with E-state index in [-0.39, 0.29) is 5.56 Å². The van der Waals surface area contributed by atoms with Crippen molar-refractivity contribution in [3.8, 4) is 5.75 Å². The number of carboxylic acid groups (broad SMARTS) is 1. The van der Waals surface area contributed by atoms with Crippen LogP contribution < -0.4 is 4.74 Å². The number of hydrogen-bond donors (Lipinski definition) is 1. The van der Waals surface area contributed by atoms with Gasteiger partial charge in [0.2, 0.25) is 0 Å². The number of benzene rings is 1. The summed E-state index contributed by atoms with van der Waals surface area (Å²) >= 11 is 0. The topological polar surface area (TPSA) is 66.8 Å². The Hall–Kier alpha value is -1.88. The quantitative estimate of drug-likeness (QED) is 0.873. The molecule has 1 aromatic rings. The number of aromatic carboxylic acids is 1. The van der Waals surface area contributed by atoms with E-state index in [2.05, 4.69) is 0 Å². The van der Waals surface area contributed by atoms with Crippen molar-refractivity contribution < 1.29 is 19.4 Å². The normalized spacial score (nSPS) is 16.6. The van der Waals surface area contributed by atoms with Gasteiger partial charge in [0.25, 0.3) is 0 Å². The molecule has 0 aliphatic carbocycles. The zero-order valence-electron chi connectivity index (χ0n) is 9.96. The monoisotopic (exact) mass is 249 g/mol. The number of likely N-dealkylation sites (tertiary alicyclic amines) is 1. The first-order valence-electron chi connectivity index (χ1n) is 5.85.